The molecule has 1 aliphatic heterocycles. The summed E-state index contributed by atoms with van der Waals surface area (Å²) in [7, 11) is 0. The fourth-order valence-corrected chi connectivity index (χ4v) is 3.33. The van der Waals surface area contributed by atoms with Crippen LogP contribution in [0, 0.1) is 5.41 Å². The molecule has 2 heterocycles. The van der Waals surface area contributed by atoms with E-state index >= 15 is 0 Å². The lowest BCUT2D eigenvalue weighted by Gasteiger charge is -2.22. The van der Waals surface area contributed by atoms with Crippen molar-refractivity contribution < 1.29 is 9.59 Å². The molecule has 0 atom stereocenters. The molecule has 23 heavy (non-hydrogen) atoms. The van der Waals surface area contributed by atoms with Crippen molar-refractivity contribution in [3.63, 3.8) is 0 Å². The number of amides is 2. The van der Waals surface area contributed by atoms with E-state index in [1.807, 2.05) is 35.2 Å². The molecule has 1 saturated heterocycles. The minimum Gasteiger partial charge on any atom is -0.342 e. The molecule has 2 aliphatic rings. The Bertz CT molecular complexity index is 771. The van der Waals surface area contributed by atoms with E-state index in [-0.39, 0.29) is 11.8 Å². The molecule has 0 spiro atoms. The van der Waals surface area contributed by atoms with Gasteiger partial charge >= 0.3 is 0 Å². The average molecular weight is 309 g/mol. The number of benzene rings is 1. The Balaban J connectivity index is 1.58. The summed E-state index contributed by atoms with van der Waals surface area (Å²) in [6.07, 6.45) is 5.08. The van der Waals surface area contributed by atoms with Gasteiger partial charge in [-0.25, -0.2) is 0 Å². The van der Waals surface area contributed by atoms with Crippen LogP contribution in [-0.2, 0) is 9.59 Å². The third kappa shape index (κ3) is 2.36. The summed E-state index contributed by atoms with van der Waals surface area (Å²) in [5.74, 6) is -0.187. The second-order valence-electron chi connectivity index (χ2n) is 6.42. The molecule has 5 nitrogen and oxygen atoms in total. The topological polar surface area (TPSA) is 62.3 Å². The van der Waals surface area contributed by atoms with Crippen LogP contribution in [0.15, 0.2) is 36.5 Å². The van der Waals surface area contributed by atoms with Crippen LogP contribution in [0.2, 0.25) is 0 Å². The Morgan fingerprint density at radius 1 is 1.09 bits per heavy atom. The first-order valence-corrected chi connectivity index (χ1v) is 8.15. The molecule has 1 N–H and O–H groups in total. The largest absolute Gasteiger partial charge is 0.342 e. The Kier molecular flexibility index (Phi) is 3.29. The maximum Gasteiger partial charge on any atom is 0.240 e. The lowest BCUT2D eigenvalue weighted by atomic mass is 10.0. The first-order valence-electron chi connectivity index (χ1n) is 8.15. The second-order valence-corrected chi connectivity index (χ2v) is 6.42. The second kappa shape index (κ2) is 5.33. The molecule has 1 aromatic heterocycles. The minimum atomic E-state index is -0.846. The maximum atomic E-state index is 12.8. The van der Waals surface area contributed by atoms with Gasteiger partial charge in [-0.15, -0.1) is 0 Å². The number of carbonyl (C=O) groups is 2. The first kappa shape index (κ1) is 14.2. The van der Waals surface area contributed by atoms with Crippen LogP contribution in [0.5, 0.6) is 0 Å². The molecule has 1 saturated carbocycles. The van der Waals surface area contributed by atoms with Gasteiger partial charge in [0.1, 0.15) is 5.41 Å². The number of nitrogens with zero attached hydrogens (tertiary/aromatic N) is 2. The van der Waals surface area contributed by atoms with Gasteiger partial charge in [0.15, 0.2) is 0 Å². The van der Waals surface area contributed by atoms with Crippen molar-refractivity contribution in [1.29, 1.82) is 0 Å². The summed E-state index contributed by atoms with van der Waals surface area (Å²) in [4.78, 5) is 31.6. The number of hydrogen-bond donors (Lipinski definition) is 1. The van der Waals surface area contributed by atoms with Crippen LogP contribution in [-0.4, -0.2) is 34.8 Å². The van der Waals surface area contributed by atoms with Crippen molar-refractivity contribution in [3.8, 4) is 0 Å². The van der Waals surface area contributed by atoms with Crippen LogP contribution < -0.4 is 5.32 Å². The van der Waals surface area contributed by atoms with Crippen molar-refractivity contribution in [2.75, 3.05) is 18.4 Å². The molecule has 5 heteroatoms. The number of aromatic nitrogens is 1. The standard InChI is InChI=1S/C18H19N3O2/c22-16(18(8-9-18)17(23)21-11-1-2-12-21)20-14-7-3-5-13-6-4-10-19-15(13)14/h3-7,10H,1-2,8-9,11-12H2,(H,20,22). The van der Waals surface area contributed by atoms with Crippen LogP contribution >= 0.6 is 0 Å². The van der Waals surface area contributed by atoms with E-state index in [9.17, 15) is 9.59 Å². The molecular formula is C18H19N3O2. The van der Waals surface area contributed by atoms with E-state index < -0.39 is 5.41 Å². The van der Waals surface area contributed by atoms with E-state index in [1.165, 1.54) is 0 Å². The van der Waals surface area contributed by atoms with Gasteiger partial charge < -0.3 is 10.2 Å². The van der Waals surface area contributed by atoms with Gasteiger partial charge in [-0.2, -0.15) is 0 Å². The third-order valence-corrected chi connectivity index (χ3v) is 4.87. The van der Waals surface area contributed by atoms with Gasteiger partial charge in [0.2, 0.25) is 11.8 Å². The molecule has 2 amide bonds. The fraction of sp³-hybridized carbons (Fsp3) is 0.389. The molecule has 2 aromatic rings. The zero-order chi connectivity index (χ0) is 15.9. The van der Waals surface area contributed by atoms with Gasteiger partial charge in [0.05, 0.1) is 11.2 Å². The third-order valence-electron chi connectivity index (χ3n) is 4.87. The maximum absolute atomic E-state index is 12.8. The normalized spacial score (nSPS) is 18.9. The van der Waals surface area contributed by atoms with Crippen molar-refractivity contribution in [3.05, 3.63) is 36.5 Å². The number of hydrogen-bond acceptors (Lipinski definition) is 3. The predicted octanol–water partition coefficient (Wildman–Crippen LogP) is 2.58. The molecule has 0 bridgehead atoms. The van der Waals surface area contributed by atoms with Gasteiger partial charge in [-0.1, -0.05) is 18.2 Å². The van der Waals surface area contributed by atoms with Crippen molar-refractivity contribution in [2.45, 2.75) is 25.7 Å². The molecule has 118 valence electrons. The van der Waals surface area contributed by atoms with Crippen molar-refractivity contribution >= 4 is 28.4 Å². The monoisotopic (exact) mass is 309 g/mol. The van der Waals surface area contributed by atoms with Gasteiger partial charge in [0, 0.05) is 24.7 Å². The van der Waals surface area contributed by atoms with Gasteiger partial charge in [0.25, 0.3) is 0 Å². The molecule has 2 fully saturated rings. The number of fused-ring (bicyclic) bond motifs is 1. The Hall–Kier alpha value is -2.43. The highest BCUT2D eigenvalue weighted by molar-refractivity contribution is 6.14. The van der Waals surface area contributed by atoms with Crippen molar-refractivity contribution in [1.82, 2.24) is 9.88 Å². The number of carbonyl (C=O) groups excluding carboxylic acids is 2. The van der Waals surface area contributed by atoms with Gasteiger partial charge in [-0.3, -0.25) is 14.6 Å². The predicted molar refractivity (Wildman–Crippen MR) is 87.9 cm³/mol. The molecule has 4 rings (SSSR count). The summed E-state index contributed by atoms with van der Waals surface area (Å²) >= 11 is 0. The Labute approximate surface area is 134 Å². The molecule has 1 aromatic carbocycles. The van der Waals surface area contributed by atoms with E-state index in [0.717, 1.165) is 36.8 Å². The van der Waals surface area contributed by atoms with E-state index in [1.54, 1.807) is 6.20 Å². The molecule has 1 aliphatic carbocycles. The van der Waals surface area contributed by atoms with Crippen LogP contribution in [0.4, 0.5) is 5.69 Å². The summed E-state index contributed by atoms with van der Waals surface area (Å²) < 4.78 is 0. The smallest absolute Gasteiger partial charge is 0.240 e. The number of pyridine rings is 1. The van der Waals surface area contributed by atoms with E-state index in [4.69, 9.17) is 0 Å². The Morgan fingerprint density at radius 3 is 2.57 bits per heavy atom. The van der Waals surface area contributed by atoms with Crippen LogP contribution in [0.25, 0.3) is 10.9 Å². The summed E-state index contributed by atoms with van der Waals surface area (Å²) in [6.45, 7) is 1.56. The molecule has 0 unspecified atom stereocenters. The summed E-state index contributed by atoms with van der Waals surface area (Å²) in [6, 6.07) is 9.51. The number of anilines is 1. The van der Waals surface area contributed by atoms with E-state index in [2.05, 4.69) is 10.3 Å². The fourth-order valence-electron chi connectivity index (χ4n) is 3.33. The highest BCUT2D eigenvalue weighted by Crippen LogP contribution is 2.48. The Morgan fingerprint density at radius 2 is 1.83 bits per heavy atom. The lowest BCUT2D eigenvalue weighted by Crippen LogP contribution is -2.41. The summed E-state index contributed by atoms with van der Waals surface area (Å²) in [5, 5.41) is 3.92. The zero-order valence-electron chi connectivity index (χ0n) is 12.9. The molecule has 0 radical (unpaired) electrons. The first-order chi connectivity index (χ1) is 11.2. The quantitative estimate of drug-likeness (QED) is 0.886. The number of likely N-dealkylation sites (tertiary alicyclic amines) is 1. The molecular weight excluding hydrogens is 290 g/mol. The van der Waals surface area contributed by atoms with Crippen LogP contribution in [0.1, 0.15) is 25.7 Å². The number of nitrogens with one attached hydrogen (secondary N) is 1. The number of rotatable bonds is 3. The van der Waals surface area contributed by atoms with E-state index in [0.29, 0.717) is 18.5 Å². The summed E-state index contributed by atoms with van der Waals surface area (Å²) in [5.41, 5.74) is 0.586. The zero-order valence-corrected chi connectivity index (χ0v) is 12.9. The average Bonchev–Trinajstić information content (AvgIpc) is 3.22. The minimum absolute atomic E-state index is 0.000644. The number of para-hydroxylation sites is 1. The lowest BCUT2D eigenvalue weighted by molar-refractivity contribution is -0.141. The van der Waals surface area contributed by atoms with Crippen LogP contribution in [0.3, 0.4) is 0 Å². The van der Waals surface area contributed by atoms with Crippen molar-refractivity contribution in [2.24, 2.45) is 5.41 Å². The highest BCUT2D eigenvalue weighted by Gasteiger charge is 2.58. The SMILES string of the molecule is O=C(Nc1cccc2cccnc12)C1(C(=O)N2CCCC2)CC1. The highest BCUT2D eigenvalue weighted by atomic mass is 16.2. The van der Waals surface area contributed by atoms with Gasteiger partial charge in [-0.05, 0) is 37.8 Å².